The van der Waals surface area contributed by atoms with Gasteiger partial charge in [0, 0.05) is 17.8 Å². The molecule has 0 aliphatic heterocycles. The summed E-state index contributed by atoms with van der Waals surface area (Å²) in [6, 6.07) is 1.83. The van der Waals surface area contributed by atoms with E-state index in [1.165, 1.54) is 11.3 Å². The minimum Gasteiger partial charge on any atom is -0.352 e. The SMILES string of the molecule is CC(CCCl)CNC(=O)c1csc(Br)c1. The summed E-state index contributed by atoms with van der Waals surface area (Å²) < 4.78 is 0.974. The van der Waals surface area contributed by atoms with Crippen molar-refractivity contribution >= 4 is 44.8 Å². The molecule has 1 rings (SSSR count). The molecule has 0 saturated heterocycles. The highest BCUT2D eigenvalue weighted by Crippen LogP contribution is 2.20. The lowest BCUT2D eigenvalue weighted by Crippen LogP contribution is -2.28. The van der Waals surface area contributed by atoms with Gasteiger partial charge in [0.05, 0.1) is 9.35 Å². The standard InChI is InChI=1S/C10H13BrClNOS/c1-7(2-3-12)5-13-10(14)8-4-9(11)15-6-8/h4,6-7H,2-3,5H2,1H3,(H,13,14). The van der Waals surface area contributed by atoms with Gasteiger partial charge >= 0.3 is 0 Å². The normalized spacial score (nSPS) is 12.5. The molecule has 0 spiro atoms. The van der Waals surface area contributed by atoms with Crippen molar-refractivity contribution < 1.29 is 4.79 Å². The zero-order chi connectivity index (χ0) is 11.3. The molecular formula is C10H13BrClNOS. The molecule has 1 heterocycles. The summed E-state index contributed by atoms with van der Waals surface area (Å²) in [4.78, 5) is 11.6. The van der Waals surface area contributed by atoms with Gasteiger partial charge in [-0.05, 0) is 34.3 Å². The molecule has 15 heavy (non-hydrogen) atoms. The van der Waals surface area contributed by atoms with Crippen molar-refractivity contribution in [2.75, 3.05) is 12.4 Å². The number of hydrogen-bond acceptors (Lipinski definition) is 2. The van der Waals surface area contributed by atoms with Gasteiger partial charge in [0.1, 0.15) is 0 Å². The van der Waals surface area contributed by atoms with Crippen LogP contribution in [0.25, 0.3) is 0 Å². The van der Waals surface area contributed by atoms with Crippen LogP contribution < -0.4 is 5.32 Å². The Morgan fingerprint density at radius 3 is 3.00 bits per heavy atom. The fraction of sp³-hybridized carbons (Fsp3) is 0.500. The highest BCUT2D eigenvalue weighted by molar-refractivity contribution is 9.11. The first-order valence-electron chi connectivity index (χ1n) is 4.71. The fourth-order valence-electron chi connectivity index (χ4n) is 1.09. The van der Waals surface area contributed by atoms with Gasteiger partial charge in [0.2, 0.25) is 0 Å². The Morgan fingerprint density at radius 1 is 1.73 bits per heavy atom. The Balaban J connectivity index is 2.36. The topological polar surface area (TPSA) is 29.1 Å². The minimum absolute atomic E-state index is 0.0154. The maximum Gasteiger partial charge on any atom is 0.252 e. The van der Waals surface area contributed by atoms with Crippen molar-refractivity contribution in [1.29, 1.82) is 0 Å². The first-order chi connectivity index (χ1) is 7.13. The molecule has 1 N–H and O–H groups in total. The molecule has 1 atom stereocenters. The van der Waals surface area contributed by atoms with Crippen LogP contribution >= 0.6 is 38.9 Å². The number of carbonyl (C=O) groups excluding carboxylic acids is 1. The fourth-order valence-corrected chi connectivity index (χ4v) is 2.60. The first-order valence-corrected chi connectivity index (χ1v) is 6.92. The van der Waals surface area contributed by atoms with E-state index < -0.39 is 0 Å². The first kappa shape index (κ1) is 13.0. The van der Waals surface area contributed by atoms with Crippen molar-refractivity contribution in [2.45, 2.75) is 13.3 Å². The number of rotatable bonds is 5. The molecule has 0 bridgehead atoms. The third kappa shape index (κ3) is 4.53. The predicted molar refractivity (Wildman–Crippen MR) is 68.9 cm³/mol. The number of halogens is 2. The Morgan fingerprint density at radius 2 is 2.47 bits per heavy atom. The summed E-state index contributed by atoms with van der Waals surface area (Å²) in [5, 5.41) is 4.72. The van der Waals surface area contributed by atoms with E-state index in [1.807, 2.05) is 11.4 Å². The Labute approximate surface area is 107 Å². The molecule has 0 aliphatic rings. The Bertz CT molecular complexity index is 329. The third-order valence-corrected chi connectivity index (χ3v) is 3.77. The van der Waals surface area contributed by atoms with Gasteiger partial charge in [0.15, 0.2) is 0 Å². The van der Waals surface area contributed by atoms with Gasteiger partial charge in [-0.25, -0.2) is 0 Å². The Kier molecular flexibility index (Phi) is 5.64. The Hall–Kier alpha value is -0.0600. The quantitative estimate of drug-likeness (QED) is 0.829. The average molecular weight is 311 g/mol. The van der Waals surface area contributed by atoms with Gasteiger partial charge in [0.25, 0.3) is 5.91 Å². The highest BCUT2D eigenvalue weighted by atomic mass is 79.9. The van der Waals surface area contributed by atoms with E-state index in [0.29, 0.717) is 23.9 Å². The molecule has 0 saturated carbocycles. The number of alkyl halides is 1. The van der Waals surface area contributed by atoms with Crippen LogP contribution in [0.4, 0.5) is 0 Å². The lowest BCUT2D eigenvalue weighted by Gasteiger charge is -2.10. The van der Waals surface area contributed by atoms with Crippen LogP contribution in [0.5, 0.6) is 0 Å². The van der Waals surface area contributed by atoms with E-state index in [4.69, 9.17) is 11.6 Å². The summed E-state index contributed by atoms with van der Waals surface area (Å²) in [7, 11) is 0. The summed E-state index contributed by atoms with van der Waals surface area (Å²) in [5.74, 6) is 1.05. The van der Waals surface area contributed by atoms with Crippen LogP contribution in [0.1, 0.15) is 23.7 Å². The molecule has 1 amide bonds. The third-order valence-electron chi connectivity index (χ3n) is 2.04. The lowest BCUT2D eigenvalue weighted by atomic mass is 10.1. The summed E-state index contributed by atoms with van der Waals surface area (Å²) in [5.41, 5.74) is 0.713. The van der Waals surface area contributed by atoms with Crippen molar-refractivity contribution in [3.63, 3.8) is 0 Å². The second kappa shape index (κ2) is 6.51. The number of hydrogen-bond donors (Lipinski definition) is 1. The monoisotopic (exact) mass is 309 g/mol. The molecule has 5 heteroatoms. The van der Waals surface area contributed by atoms with E-state index in [-0.39, 0.29) is 5.91 Å². The van der Waals surface area contributed by atoms with E-state index in [9.17, 15) is 4.79 Å². The number of thiophene rings is 1. The van der Waals surface area contributed by atoms with Gasteiger partial charge in [-0.3, -0.25) is 4.79 Å². The predicted octanol–water partition coefficient (Wildman–Crippen LogP) is 3.51. The molecule has 2 nitrogen and oxygen atoms in total. The average Bonchev–Trinajstić information content (AvgIpc) is 2.62. The molecule has 1 unspecified atom stereocenters. The smallest absolute Gasteiger partial charge is 0.252 e. The largest absolute Gasteiger partial charge is 0.352 e. The summed E-state index contributed by atoms with van der Waals surface area (Å²) in [6.07, 6.45) is 0.926. The van der Waals surface area contributed by atoms with E-state index in [1.54, 1.807) is 0 Å². The molecule has 84 valence electrons. The van der Waals surface area contributed by atoms with Crippen molar-refractivity contribution in [2.24, 2.45) is 5.92 Å². The molecule has 0 fully saturated rings. The lowest BCUT2D eigenvalue weighted by molar-refractivity contribution is 0.0948. The van der Waals surface area contributed by atoms with Crippen LogP contribution in [0.3, 0.4) is 0 Å². The van der Waals surface area contributed by atoms with Crippen molar-refractivity contribution in [3.05, 3.63) is 20.8 Å². The molecule has 0 aromatic carbocycles. The summed E-state index contributed by atoms with van der Waals surface area (Å²) >= 11 is 10.5. The van der Waals surface area contributed by atoms with Crippen molar-refractivity contribution in [1.82, 2.24) is 5.32 Å². The van der Waals surface area contributed by atoms with E-state index in [0.717, 1.165) is 10.2 Å². The molecule has 0 radical (unpaired) electrons. The van der Waals surface area contributed by atoms with Crippen LogP contribution in [-0.4, -0.2) is 18.3 Å². The maximum atomic E-state index is 11.6. The zero-order valence-corrected chi connectivity index (χ0v) is 11.6. The van der Waals surface area contributed by atoms with Gasteiger partial charge < -0.3 is 5.32 Å². The molecular weight excluding hydrogens is 298 g/mol. The highest BCUT2D eigenvalue weighted by Gasteiger charge is 2.09. The number of amides is 1. The maximum absolute atomic E-state index is 11.6. The summed E-state index contributed by atoms with van der Waals surface area (Å²) in [6.45, 7) is 2.76. The van der Waals surface area contributed by atoms with Crippen LogP contribution in [0, 0.1) is 5.92 Å². The zero-order valence-electron chi connectivity index (χ0n) is 8.43. The van der Waals surface area contributed by atoms with Crippen LogP contribution in [0.15, 0.2) is 15.2 Å². The van der Waals surface area contributed by atoms with E-state index in [2.05, 4.69) is 28.2 Å². The van der Waals surface area contributed by atoms with Gasteiger partial charge in [-0.15, -0.1) is 22.9 Å². The molecule has 1 aromatic rings. The van der Waals surface area contributed by atoms with Gasteiger partial charge in [-0.2, -0.15) is 0 Å². The second-order valence-corrected chi connectivity index (χ2v) is 6.10. The molecule has 0 aliphatic carbocycles. The van der Waals surface area contributed by atoms with E-state index >= 15 is 0 Å². The number of nitrogens with one attached hydrogen (secondary N) is 1. The van der Waals surface area contributed by atoms with Gasteiger partial charge in [-0.1, -0.05) is 6.92 Å². The van der Waals surface area contributed by atoms with Crippen molar-refractivity contribution in [3.8, 4) is 0 Å². The second-order valence-electron chi connectivity index (χ2n) is 3.43. The molecule has 1 aromatic heterocycles. The number of carbonyl (C=O) groups is 1. The van der Waals surface area contributed by atoms with Crippen LogP contribution in [-0.2, 0) is 0 Å². The van der Waals surface area contributed by atoms with Crippen LogP contribution in [0.2, 0.25) is 0 Å². The minimum atomic E-state index is -0.0154.